The van der Waals surface area contributed by atoms with Crippen molar-refractivity contribution in [1.82, 2.24) is 34.6 Å². The van der Waals surface area contributed by atoms with Crippen LogP contribution in [-0.2, 0) is 40.2 Å². The molecule has 0 saturated carbocycles. The zero-order valence-corrected chi connectivity index (χ0v) is 36.5. The van der Waals surface area contributed by atoms with Crippen LogP contribution in [0.1, 0.15) is 72.1 Å². The lowest BCUT2D eigenvalue weighted by Crippen LogP contribution is -2.55. The summed E-state index contributed by atoms with van der Waals surface area (Å²) in [6, 6.07) is 18.8. The molecule has 0 bridgehead atoms. The largest absolute Gasteiger partial charge is 0.388 e. The van der Waals surface area contributed by atoms with Gasteiger partial charge in [0.05, 0.1) is 39.9 Å². The van der Waals surface area contributed by atoms with E-state index in [0.29, 0.717) is 45.7 Å². The number of likely N-dealkylation sites (N-methyl/N-ethyl adjacent to an activating group) is 1. The molecular formula is C48H55ClN8O6. The Morgan fingerprint density at radius 2 is 1.59 bits per heavy atom. The van der Waals surface area contributed by atoms with Crippen molar-refractivity contribution in [3.63, 3.8) is 0 Å². The molecule has 1 aliphatic carbocycles. The van der Waals surface area contributed by atoms with Gasteiger partial charge >= 0.3 is 0 Å². The van der Waals surface area contributed by atoms with E-state index in [1.807, 2.05) is 36.4 Å². The van der Waals surface area contributed by atoms with Gasteiger partial charge in [0, 0.05) is 93.8 Å². The third-order valence-corrected chi connectivity index (χ3v) is 13.3. The van der Waals surface area contributed by atoms with Crippen LogP contribution >= 0.6 is 11.6 Å². The first-order valence-corrected chi connectivity index (χ1v) is 22.5. The summed E-state index contributed by atoms with van der Waals surface area (Å²) in [5, 5.41) is 19.4. The van der Waals surface area contributed by atoms with Gasteiger partial charge in [-0.05, 0) is 81.0 Å². The molecule has 0 radical (unpaired) electrons. The summed E-state index contributed by atoms with van der Waals surface area (Å²) < 4.78 is 1.39. The lowest BCUT2D eigenvalue weighted by molar-refractivity contribution is -0.140. The number of nitrogens with zero attached hydrogens (tertiary/aromatic N) is 6. The Balaban J connectivity index is 0.861. The second-order valence-corrected chi connectivity index (χ2v) is 17.8. The van der Waals surface area contributed by atoms with Crippen LogP contribution in [0.2, 0.25) is 5.02 Å². The summed E-state index contributed by atoms with van der Waals surface area (Å²) in [6.45, 7) is 4.95. The van der Waals surface area contributed by atoms with E-state index in [0.717, 1.165) is 74.1 Å². The quantitative estimate of drug-likeness (QED) is 0.132. The Labute approximate surface area is 371 Å². The lowest BCUT2D eigenvalue weighted by Gasteiger charge is -2.39. The number of aromatic nitrogens is 3. The number of anilines is 1. The minimum atomic E-state index is -1.28. The zero-order valence-electron chi connectivity index (χ0n) is 35.8. The number of carbonyl (C=O) groups is 4. The Kier molecular flexibility index (Phi) is 13.6. The number of pyridine rings is 1. The number of likely N-dealkylation sites (tertiary alicyclic amines) is 1. The van der Waals surface area contributed by atoms with Crippen molar-refractivity contribution >= 4 is 62.6 Å². The molecule has 14 nitrogen and oxygen atoms in total. The second kappa shape index (κ2) is 19.5. The van der Waals surface area contributed by atoms with E-state index in [4.69, 9.17) is 16.6 Å². The molecule has 15 heteroatoms. The molecule has 0 spiro atoms. The third-order valence-electron chi connectivity index (χ3n) is 12.8. The van der Waals surface area contributed by atoms with E-state index in [2.05, 4.69) is 32.5 Å². The number of nitrogens with one attached hydrogen (secondary N) is 2. The summed E-state index contributed by atoms with van der Waals surface area (Å²) in [7, 11) is 2.10. The molecular weight excluding hydrogens is 820 g/mol. The molecule has 3 N–H and O–H groups in total. The van der Waals surface area contributed by atoms with Crippen LogP contribution in [0.25, 0.3) is 21.8 Å². The molecule has 1 atom stereocenters. The van der Waals surface area contributed by atoms with E-state index in [1.165, 1.54) is 10.9 Å². The minimum Gasteiger partial charge on any atom is -0.388 e. The Morgan fingerprint density at radius 1 is 0.841 bits per heavy atom. The number of hydrogen-bond donors (Lipinski definition) is 3. The number of piperazine rings is 1. The van der Waals surface area contributed by atoms with Crippen molar-refractivity contribution in [3.8, 4) is 0 Å². The SMILES string of the molecule is CN1CCN(CCC(=O)Nc2ccc3c(=O)n(CC4(O)CCN(C(=O)[C@H](Cc5ccccc5)NC(=O)CCC(=O)c5ccc6c(Cl)c7c(nc6c5)CCCC7)CC4)cnc3c2)CC1. The number of halogens is 1. The maximum atomic E-state index is 14.1. The first-order valence-electron chi connectivity index (χ1n) is 22.1. The molecule has 330 valence electrons. The number of ketones is 1. The molecule has 63 heavy (non-hydrogen) atoms. The predicted octanol–water partition coefficient (Wildman–Crippen LogP) is 4.80. The van der Waals surface area contributed by atoms with Crippen LogP contribution in [0, 0.1) is 0 Å². The minimum absolute atomic E-state index is 0.0116. The molecule has 3 amide bonds. The molecule has 2 saturated heterocycles. The van der Waals surface area contributed by atoms with Crippen molar-refractivity contribution in [1.29, 1.82) is 0 Å². The number of carbonyl (C=O) groups excluding carboxylic acids is 4. The van der Waals surface area contributed by atoms with E-state index in [1.54, 1.807) is 35.2 Å². The fourth-order valence-corrected chi connectivity index (χ4v) is 9.33. The van der Waals surface area contributed by atoms with Crippen LogP contribution in [0.3, 0.4) is 0 Å². The molecule has 2 aliphatic heterocycles. The summed E-state index contributed by atoms with van der Waals surface area (Å²) in [4.78, 5) is 82.6. The molecule has 2 aromatic heterocycles. The maximum absolute atomic E-state index is 14.1. The van der Waals surface area contributed by atoms with E-state index < -0.39 is 17.6 Å². The van der Waals surface area contributed by atoms with Crippen molar-refractivity contribution in [2.75, 3.05) is 58.2 Å². The fraction of sp³-hybridized carbons (Fsp3) is 0.438. The van der Waals surface area contributed by atoms with Gasteiger partial charge in [-0.2, -0.15) is 0 Å². The molecule has 5 aromatic rings. The van der Waals surface area contributed by atoms with Crippen LogP contribution in [0.4, 0.5) is 5.69 Å². The van der Waals surface area contributed by atoms with Gasteiger partial charge in [0.15, 0.2) is 5.78 Å². The smallest absolute Gasteiger partial charge is 0.261 e. The normalized spacial score (nSPS) is 17.3. The Hall–Kier alpha value is -5.54. The standard InChI is InChI=1S/C48H55ClN8O6/c1-54-23-25-55(26-24-54)20-17-44(60)51-34-12-14-37-39(29-34)50-31-57(46(37)61)30-48(63)18-21-56(22-19-48)47(62)41(27-32-7-3-2-4-8-32)53-43(59)16-15-42(58)33-11-13-36-40(28-33)52-38-10-6-5-9-35(38)45(36)49/h2-4,7-8,11-14,28-29,31,41,63H,5-6,9-10,15-27,30H2,1H3,(H,51,60)(H,53,59)/t41-/m0/s1. The summed E-state index contributed by atoms with van der Waals surface area (Å²) >= 11 is 6.74. The van der Waals surface area contributed by atoms with Gasteiger partial charge < -0.3 is 30.4 Å². The van der Waals surface area contributed by atoms with Gasteiger partial charge in [-0.1, -0.05) is 54.1 Å². The molecule has 3 aromatic carbocycles. The highest BCUT2D eigenvalue weighted by Crippen LogP contribution is 2.33. The fourth-order valence-electron chi connectivity index (χ4n) is 8.97. The summed E-state index contributed by atoms with van der Waals surface area (Å²) in [5.74, 6) is -1.01. The molecule has 3 aliphatic rings. The number of piperidine rings is 1. The lowest BCUT2D eigenvalue weighted by atomic mass is 9.90. The van der Waals surface area contributed by atoms with Gasteiger partial charge in [-0.15, -0.1) is 0 Å². The number of amides is 3. The van der Waals surface area contributed by atoms with Crippen LogP contribution in [-0.4, -0.2) is 122 Å². The molecule has 4 heterocycles. The highest BCUT2D eigenvalue weighted by atomic mass is 35.5. The monoisotopic (exact) mass is 874 g/mol. The zero-order chi connectivity index (χ0) is 44.1. The van der Waals surface area contributed by atoms with Gasteiger partial charge in [0.2, 0.25) is 17.7 Å². The number of benzene rings is 3. The first-order chi connectivity index (χ1) is 30.4. The van der Waals surface area contributed by atoms with Gasteiger partial charge in [0.1, 0.15) is 6.04 Å². The Bertz CT molecular complexity index is 2570. The van der Waals surface area contributed by atoms with Gasteiger partial charge in [0.25, 0.3) is 5.56 Å². The van der Waals surface area contributed by atoms with Crippen molar-refractivity contribution in [3.05, 3.63) is 111 Å². The molecule has 2 fully saturated rings. The number of aryl methyl sites for hydroxylation is 1. The second-order valence-electron chi connectivity index (χ2n) is 17.4. The van der Waals surface area contributed by atoms with Crippen molar-refractivity contribution in [2.24, 2.45) is 0 Å². The van der Waals surface area contributed by atoms with Crippen LogP contribution in [0.15, 0.2) is 77.9 Å². The molecule has 0 unspecified atom stereocenters. The number of hydrogen-bond acceptors (Lipinski definition) is 10. The van der Waals surface area contributed by atoms with Gasteiger partial charge in [-0.25, -0.2) is 4.98 Å². The van der Waals surface area contributed by atoms with Crippen molar-refractivity contribution < 1.29 is 24.3 Å². The van der Waals surface area contributed by atoms with Gasteiger partial charge in [-0.3, -0.25) is 33.5 Å². The van der Waals surface area contributed by atoms with Crippen LogP contribution < -0.4 is 16.2 Å². The number of Topliss-reactive ketones (excluding diaryl/α,β-unsaturated/α-hetero) is 1. The number of aliphatic hydroxyl groups is 1. The number of rotatable bonds is 14. The average Bonchev–Trinajstić information content (AvgIpc) is 3.29. The summed E-state index contributed by atoms with van der Waals surface area (Å²) in [5.41, 5.74) is 3.46. The Morgan fingerprint density at radius 3 is 2.37 bits per heavy atom. The first kappa shape index (κ1) is 44.1. The highest BCUT2D eigenvalue weighted by molar-refractivity contribution is 6.36. The molecule has 8 rings (SSSR count). The van der Waals surface area contributed by atoms with E-state index in [-0.39, 0.29) is 74.9 Å². The predicted molar refractivity (Wildman–Crippen MR) is 243 cm³/mol. The van der Waals surface area contributed by atoms with Crippen LogP contribution in [0.5, 0.6) is 0 Å². The van der Waals surface area contributed by atoms with E-state index >= 15 is 0 Å². The summed E-state index contributed by atoms with van der Waals surface area (Å²) in [6.07, 6.45) is 6.19. The third kappa shape index (κ3) is 10.6. The average molecular weight is 875 g/mol. The van der Waals surface area contributed by atoms with Crippen molar-refractivity contribution in [2.45, 2.75) is 82.4 Å². The highest BCUT2D eigenvalue weighted by Gasteiger charge is 2.37. The van der Waals surface area contributed by atoms with E-state index in [9.17, 15) is 29.1 Å². The number of fused-ring (bicyclic) bond motifs is 3. The topological polar surface area (TPSA) is 170 Å². The maximum Gasteiger partial charge on any atom is 0.261 e.